The van der Waals surface area contributed by atoms with E-state index < -0.39 is 11.8 Å². The van der Waals surface area contributed by atoms with Crippen LogP contribution < -0.4 is 15.9 Å². The van der Waals surface area contributed by atoms with Gasteiger partial charge < -0.3 is 15.4 Å². The van der Waals surface area contributed by atoms with Crippen molar-refractivity contribution in [1.29, 1.82) is 0 Å². The van der Waals surface area contributed by atoms with Gasteiger partial charge in [0.05, 0.1) is 5.71 Å². The molecule has 0 atom stereocenters. The number of rotatable bonds is 7. The summed E-state index contributed by atoms with van der Waals surface area (Å²) in [5, 5.41) is 3.78. The molecule has 130 valence electrons. The molecule has 0 bridgehead atoms. The molecule has 24 heavy (non-hydrogen) atoms. The fraction of sp³-hybridized carbons (Fsp3) is 0.375. The first-order valence-corrected chi connectivity index (χ1v) is 7.54. The Morgan fingerprint density at radius 2 is 1.75 bits per heavy atom. The minimum Gasteiger partial charge on any atom is -0.484 e. The van der Waals surface area contributed by atoms with Crippen molar-refractivity contribution >= 4 is 23.4 Å². The molecule has 3 amide bonds. The largest absolute Gasteiger partial charge is 0.484 e. The molecule has 0 saturated carbocycles. The molecule has 0 spiro atoms. The van der Waals surface area contributed by atoms with Gasteiger partial charge in [-0.3, -0.25) is 14.4 Å². The first kappa shape index (κ1) is 19.1. The first-order chi connectivity index (χ1) is 11.4. The number of ether oxygens (including phenoxy) is 1. The monoisotopic (exact) mass is 334 g/mol. The van der Waals surface area contributed by atoms with Gasteiger partial charge in [0.25, 0.3) is 5.91 Å². The second-order valence-corrected chi connectivity index (χ2v) is 4.88. The summed E-state index contributed by atoms with van der Waals surface area (Å²) >= 11 is 0. The number of carbonyl (C=O) groups is 3. The van der Waals surface area contributed by atoms with Crippen molar-refractivity contribution in [1.82, 2.24) is 10.3 Å². The molecule has 8 nitrogen and oxygen atoms in total. The van der Waals surface area contributed by atoms with Crippen molar-refractivity contribution in [3.8, 4) is 5.75 Å². The van der Waals surface area contributed by atoms with Crippen molar-refractivity contribution in [2.24, 2.45) is 10.8 Å². The second-order valence-electron chi connectivity index (χ2n) is 4.88. The van der Waals surface area contributed by atoms with Crippen LogP contribution in [0, 0.1) is 0 Å². The molecule has 0 aromatic heterocycles. The maximum Gasteiger partial charge on any atom is 0.329 e. The molecule has 0 heterocycles. The molecule has 3 N–H and O–H groups in total. The molecule has 0 unspecified atom stereocenters. The second kappa shape index (κ2) is 9.29. The van der Waals surface area contributed by atoms with Gasteiger partial charge in [0.15, 0.2) is 6.61 Å². The standard InChI is InChI=1S/C16H22N4O4/c1-4-20(5-2)14(21)10-24-13-8-6-12(7-9-13)11(3)18-19-16(23)15(17)22/h6-9H,4-5,10H2,1-3H3,(H2,17,22)(H,19,23)/b18-11-. The number of hydrogen-bond acceptors (Lipinski definition) is 5. The Bertz CT molecular complexity index is 621. The highest BCUT2D eigenvalue weighted by atomic mass is 16.5. The Morgan fingerprint density at radius 1 is 1.17 bits per heavy atom. The molecule has 0 aliphatic rings. The Balaban J connectivity index is 2.62. The van der Waals surface area contributed by atoms with Gasteiger partial charge in [0.2, 0.25) is 0 Å². The summed E-state index contributed by atoms with van der Waals surface area (Å²) in [6.07, 6.45) is 0. The number of nitrogens with zero attached hydrogens (tertiary/aromatic N) is 2. The number of primary amides is 1. The molecule has 0 fully saturated rings. The smallest absolute Gasteiger partial charge is 0.329 e. The predicted molar refractivity (Wildman–Crippen MR) is 89.4 cm³/mol. The lowest BCUT2D eigenvalue weighted by molar-refractivity contribution is -0.137. The molecule has 0 radical (unpaired) electrons. The van der Waals surface area contributed by atoms with E-state index in [2.05, 4.69) is 10.5 Å². The summed E-state index contributed by atoms with van der Waals surface area (Å²) in [6, 6.07) is 6.85. The zero-order valence-electron chi connectivity index (χ0n) is 14.0. The van der Waals surface area contributed by atoms with E-state index in [0.29, 0.717) is 24.6 Å². The van der Waals surface area contributed by atoms with Crippen LogP contribution in [-0.2, 0) is 14.4 Å². The van der Waals surface area contributed by atoms with Crippen LogP contribution in [0.15, 0.2) is 29.4 Å². The van der Waals surface area contributed by atoms with Gasteiger partial charge in [-0.15, -0.1) is 0 Å². The molecule has 0 aliphatic heterocycles. The summed E-state index contributed by atoms with van der Waals surface area (Å²) < 4.78 is 5.45. The highest BCUT2D eigenvalue weighted by Crippen LogP contribution is 2.13. The summed E-state index contributed by atoms with van der Waals surface area (Å²) in [5.74, 6) is -1.61. The third-order valence-corrected chi connectivity index (χ3v) is 3.30. The normalized spacial score (nSPS) is 10.9. The van der Waals surface area contributed by atoms with Crippen molar-refractivity contribution in [2.75, 3.05) is 19.7 Å². The van der Waals surface area contributed by atoms with Crippen molar-refractivity contribution < 1.29 is 19.1 Å². The van der Waals surface area contributed by atoms with Crippen LogP contribution >= 0.6 is 0 Å². The van der Waals surface area contributed by atoms with Gasteiger partial charge in [-0.05, 0) is 50.6 Å². The van der Waals surface area contributed by atoms with E-state index in [1.54, 1.807) is 36.1 Å². The Kier molecular flexibility index (Phi) is 7.41. The summed E-state index contributed by atoms with van der Waals surface area (Å²) in [5.41, 5.74) is 8.09. The minimum absolute atomic E-state index is 0.0250. The van der Waals surface area contributed by atoms with E-state index in [1.807, 2.05) is 13.8 Å². The van der Waals surface area contributed by atoms with E-state index in [-0.39, 0.29) is 12.5 Å². The van der Waals surface area contributed by atoms with Crippen molar-refractivity contribution in [3.05, 3.63) is 29.8 Å². The topological polar surface area (TPSA) is 114 Å². The average Bonchev–Trinajstić information content (AvgIpc) is 2.58. The number of nitrogens with one attached hydrogen (secondary N) is 1. The van der Waals surface area contributed by atoms with Gasteiger partial charge >= 0.3 is 11.8 Å². The molecule has 0 saturated heterocycles. The van der Waals surface area contributed by atoms with Crippen LogP contribution in [0.4, 0.5) is 0 Å². The van der Waals surface area contributed by atoms with Crippen LogP contribution in [0.2, 0.25) is 0 Å². The van der Waals surface area contributed by atoms with Crippen molar-refractivity contribution in [3.63, 3.8) is 0 Å². The fourth-order valence-corrected chi connectivity index (χ4v) is 1.86. The van der Waals surface area contributed by atoms with Gasteiger partial charge in [-0.25, -0.2) is 5.43 Å². The number of hydrazone groups is 1. The number of carbonyl (C=O) groups excluding carboxylic acids is 3. The molecule has 1 aromatic carbocycles. The number of likely N-dealkylation sites (N-methyl/N-ethyl adjacent to an activating group) is 1. The predicted octanol–water partition coefficient (Wildman–Crippen LogP) is 0.259. The van der Waals surface area contributed by atoms with Crippen LogP contribution in [0.5, 0.6) is 5.75 Å². The lowest BCUT2D eigenvalue weighted by Gasteiger charge is -2.18. The fourth-order valence-electron chi connectivity index (χ4n) is 1.86. The van der Waals surface area contributed by atoms with Crippen LogP contribution in [0.25, 0.3) is 0 Å². The van der Waals surface area contributed by atoms with E-state index >= 15 is 0 Å². The van der Waals surface area contributed by atoms with E-state index in [0.717, 1.165) is 5.56 Å². The Morgan fingerprint density at radius 3 is 2.25 bits per heavy atom. The average molecular weight is 334 g/mol. The maximum absolute atomic E-state index is 11.9. The van der Waals surface area contributed by atoms with E-state index in [4.69, 9.17) is 10.5 Å². The molecule has 0 aliphatic carbocycles. The van der Waals surface area contributed by atoms with Crippen LogP contribution in [0.3, 0.4) is 0 Å². The van der Waals surface area contributed by atoms with Crippen molar-refractivity contribution in [2.45, 2.75) is 20.8 Å². The molecule has 1 aromatic rings. The molecular weight excluding hydrogens is 312 g/mol. The summed E-state index contributed by atoms with van der Waals surface area (Å²) in [4.78, 5) is 35.2. The Hall–Kier alpha value is -2.90. The first-order valence-electron chi connectivity index (χ1n) is 7.54. The zero-order chi connectivity index (χ0) is 18.1. The molecule has 8 heteroatoms. The van der Waals surface area contributed by atoms with Gasteiger partial charge in [0, 0.05) is 13.1 Å². The molecule has 1 rings (SSSR count). The van der Waals surface area contributed by atoms with Gasteiger partial charge in [-0.1, -0.05) is 0 Å². The minimum atomic E-state index is -1.10. The van der Waals surface area contributed by atoms with Crippen LogP contribution in [0.1, 0.15) is 26.3 Å². The number of amides is 3. The highest BCUT2D eigenvalue weighted by molar-refractivity contribution is 6.34. The Labute approximate surface area is 140 Å². The quantitative estimate of drug-likeness (QED) is 0.423. The van der Waals surface area contributed by atoms with Gasteiger partial charge in [0.1, 0.15) is 5.75 Å². The van der Waals surface area contributed by atoms with E-state index in [9.17, 15) is 14.4 Å². The number of nitrogens with two attached hydrogens (primary N) is 1. The van der Waals surface area contributed by atoms with Crippen LogP contribution in [-0.4, -0.2) is 48.0 Å². The third kappa shape index (κ3) is 5.71. The van der Waals surface area contributed by atoms with Gasteiger partial charge in [-0.2, -0.15) is 5.10 Å². The summed E-state index contributed by atoms with van der Waals surface area (Å²) in [7, 11) is 0. The maximum atomic E-state index is 11.9. The summed E-state index contributed by atoms with van der Waals surface area (Å²) in [6.45, 7) is 6.75. The third-order valence-electron chi connectivity index (χ3n) is 3.30. The lowest BCUT2D eigenvalue weighted by Crippen LogP contribution is -2.34. The lowest BCUT2D eigenvalue weighted by atomic mass is 10.1. The SMILES string of the molecule is CCN(CC)C(=O)COc1ccc(/C(C)=N\NC(=O)C(N)=O)cc1. The highest BCUT2D eigenvalue weighted by Gasteiger charge is 2.10. The number of benzene rings is 1. The number of hydrogen-bond donors (Lipinski definition) is 2. The van der Waals surface area contributed by atoms with E-state index in [1.165, 1.54) is 0 Å². The molecular formula is C16H22N4O4. The zero-order valence-corrected chi connectivity index (χ0v) is 14.0.